The quantitative estimate of drug-likeness (QED) is 0.831. The molecule has 5 nitrogen and oxygen atoms in total. The van der Waals surface area contributed by atoms with Crippen LogP contribution in [0.1, 0.15) is 22.3 Å². The molecule has 0 bridgehead atoms. The van der Waals surface area contributed by atoms with Crippen molar-refractivity contribution in [2.45, 2.75) is 17.7 Å². The average molecular weight is 377 g/mol. The highest BCUT2D eigenvalue weighted by Gasteiger charge is 2.24. The first-order chi connectivity index (χ1) is 11.9. The highest BCUT2D eigenvalue weighted by Crippen LogP contribution is 2.30. The van der Waals surface area contributed by atoms with Crippen LogP contribution in [0.25, 0.3) is 0 Å². The maximum Gasteiger partial charge on any atom is 0.255 e. The number of thioether (sulfide) groups is 1. The normalized spacial score (nSPS) is 14.1. The highest BCUT2D eigenvalue weighted by atomic mass is 32.2. The van der Waals surface area contributed by atoms with Crippen LogP contribution in [0, 0.1) is 0 Å². The summed E-state index contributed by atoms with van der Waals surface area (Å²) in [6.07, 6.45) is 4.71. The van der Waals surface area contributed by atoms with E-state index in [4.69, 9.17) is 0 Å². The Kier molecular flexibility index (Phi) is 5.06. The molecule has 1 aliphatic rings. The van der Waals surface area contributed by atoms with Crippen LogP contribution in [0.3, 0.4) is 0 Å². The lowest BCUT2D eigenvalue weighted by molar-refractivity contribution is 0.102. The van der Waals surface area contributed by atoms with Crippen molar-refractivity contribution in [3.63, 3.8) is 0 Å². The Morgan fingerprint density at radius 3 is 2.72 bits per heavy atom. The zero-order chi connectivity index (χ0) is 18.0. The number of nitrogens with one attached hydrogen (secondary N) is 1. The van der Waals surface area contributed by atoms with Crippen molar-refractivity contribution in [1.82, 2.24) is 0 Å². The minimum atomic E-state index is -3.30. The molecular weight excluding hydrogens is 356 g/mol. The maximum atomic E-state index is 12.5. The van der Waals surface area contributed by atoms with Crippen LogP contribution in [0.4, 0.5) is 11.4 Å². The molecule has 0 fully saturated rings. The fraction of sp³-hybridized carbons (Fsp3) is 0.278. The third-order valence-corrected chi connectivity index (χ3v) is 6.05. The summed E-state index contributed by atoms with van der Waals surface area (Å²) in [5.41, 5.74) is 2.84. The predicted octanol–water partition coefficient (Wildman–Crippen LogP) is 3.37. The molecule has 2 aromatic carbocycles. The van der Waals surface area contributed by atoms with Gasteiger partial charge in [0.25, 0.3) is 5.91 Å². The Bertz CT molecular complexity index is 910. The second-order valence-corrected chi connectivity index (χ2v) is 8.75. The molecule has 0 atom stereocenters. The lowest BCUT2D eigenvalue weighted by Crippen LogP contribution is -2.34. The van der Waals surface area contributed by atoms with Gasteiger partial charge in [0.2, 0.25) is 10.0 Å². The average Bonchev–Trinajstić information content (AvgIpc) is 2.60. The van der Waals surface area contributed by atoms with Crippen LogP contribution >= 0.6 is 11.8 Å². The van der Waals surface area contributed by atoms with Crippen molar-refractivity contribution >= 4 is 39.1 Å². The van der Waals surface area contributed by atoms with Gasteiger partial charge in [0.1, 0.15) is 0 Å². The minimum Gasteiger partial charge on any atom is -0.322 e. The third kappa shape index (κ3) is 3.99. The Balaban J connectivity index is 1.85. The van der Waals surface area contributed by atoms with E-state index < -0.39 is 10.0 Å². The van der Waals surface area contributed by atoms with E-state index in [9.17, 15) is 13.2 Å². The molecule has 1 amide bonds. The number of benzene rings is 2. The Morgan fingerprint density at radius 1 is 1.20 bits per heavy atom. The molecule has 3 rings (SSSR count). The van der Waals surface area contributed by atoms with Gasteiger partial charge in [-0.1, -0.05) is 6.07 Å². The Hall–Kier alpha value is -1.99. The molecule has 1 N–H and O–H groups in total. The molecule has 2 aromatic rings. The minimum absolute atomic E-state index is 0.197. The van der Waals surface area contributed by atoms with Gasteiger partial charge in [-0.3, -0.25) is 9.10 Å². The zero-order valence-electron chi connectivity index (χ0n) is 14.2. The second kappa shape index (κ2) is 7.09. The lowest BCUT2D eigenvalue weighted by atomic mass is 10.0. The van der Waals surface area contributed by atoms with Gasteiger partial charge in [-0.15, -0.1) is 11.8 Å². The Morgan fingerprint density at radius 2 is 2.00 bits per heavy atom. The standard InChI is InChI=1S/C18H20N2O3S2/c1-24-16-7-3-6-15(12-16)19-18(21)14-8-9-17-13(11-14)5-4-10-20(17)25(2,22)23/h3,6-9,11-12H,4-5,10H2,1-2H3,(H,19,21). The number of carbonyl (C=O) groups excluding carboxylic acids is 1. The molecule has 0 saturated carbocycles. The van der Waals surface area contributed by atoms with Crippen LogP contribution in [0.15, 0.2) is 47.4 Å². The molecular formula is C18H20N2O3S2. The molecule has 132 valence electrons. The van der Waals surface area contributed by atoms with Crippen LogP contribution in [0.5, 0.6) is 0 Å². The number of amides is 1. The monoisotopic (exact) mass is 376 g/mol. The fourth-order valence-electron chi connectivity index (χ4n) is 2.95. The molecule has 25 heavy (non-hydrogen) atoms. The molecule has 1 aliphatic heterocycles. The van der Waals surface area contributed by atoms with Gasteiger partial charge in [-0.25, -0.2) is 8.42 Å². The number of aryl methyl sites for hydroxylation is 1. The molecule has 1 heterocycles. The third-order valence-electron chi connectivity index (χ3n) is 4.15. The summed E-state index contributed by atoms with van der Waals surface area (Å²) in [7, 11) is -3.30. The van der Waals surface area contributed by atoms with Crippen molar-refractivity contribution in [3.05, 3.63) is 53.6 Å². The molecule has 0 aromatic heterocycles. The van der Waals surface area contributed by atoms with Gasteiger partial charge in [0, 0.05) is 22.7 Å². The van der Waals surface area contributed by atoms with Crippen molar-refractivity contribution < 1.29 is 13.2 Å². The van der Waals surface area contributed by atoms with E-state index in [1.165, 1.54) is 10.6 Å². The zero-order valence-corrected chi connectivity index (χ0v) is 15.8. The van der Waals surface area contributed by atoms with Crippen LogP contribution < -0.4 is 9.62 Å². The topological polar surface area (TPSA) is 66.5 Å². The molecule has 0 spiro atoms. The van der Waals surface area contributed by atoms with Gasteiger partial charge in [0.05, 0.1) is 11.9 Å². The van der Waals surface area contributed by atoms with Crippen LogP contribution in [-0.2, 0) is 16.4 Å². The molecule has 0 aliphatic carbocycles. The second-order valence-electron chi connectivity index (χ2n) is 5.97. The Labute approximate surface area is 152 Å². The summed E-state index contributed by atoms with van der Waals surface area (Å²) >= 11 is 1.61. The van der Waals surface area contributed by atoms with E-state index in [1.54, 1.807) is 30.0 Å². The summed E-state index contributed by atoms with van der Waals surface area (Å²) in [6, 6.07) is 12.9. The van der Waals surface area contributed by atoms with E-state index in [-0.39, 0.29) is 5.91 Å². The number of hydrogen-bond acceptors (Lipinski definition) is 4. The maximum absolute atomic E-state index is 12.5. The molecule has 0 saturated heterocycles. The summed E-state index contributed by atoms with van der Waals surface area (Å²) in [4.78, 5) is 13.6. The number of fused-ring (bicyclic) bond motifs is 1. The lowest BCUT2D eigenvalue weighted by Gasteiger charge is -2.29. The largest absolute Gasteiger partial charge is 0.322 e. The number of hydrogen-bond donors (Lipinski definition) is 1. The van der Waals surface area contributed by atoms with Gasteiger partial charge in [-0.05, 0) is 61.1 Å². The molecule has 7 heteroatoms. The van der Waals surface area contributed by atoms with E-state index in [1.807, 2.05) is 30.5 Å². The van der Waals surface area contributed by atoms with Crippen LogP contribution in [-0.4, -0.2) is 33.4 Å². The first-order valence-electron chi connectivity index (χ1n) is 7.94. The number of sulfonamides is 1. The van der Waals surface area contributed by atoms with E-state index >= 15 is 0 Å². The molecule has 0 radical (unpaired) electrons. The summed E-state index contributed by atoms with van der Waals surface area (Å²) in [5.74, 6) is -0.197. The van der Waals surface area contributed by atoms with Crippen molar-refractivity contribution in [2.75, 3.05) is 28.7 Å². The number of anilines is 2. The van der Waals surface area contributed by atoms with Gasteiger partial charge in [0.15, 0.2) is 0 Å². The van der Waals surface area contributed by atoms with Gasteiger partial charge >= 0.3 is 0 Å². The smallest absolute Gasteiger partial charge is 0.255 e. The first kappa shape index (κ1) is 17.8. The van der Waals surface area contributed by atoms with Crippen molar-refractivity contribution in [1.29, 1.82) is 0 Å². The summed E-state index contributed by atoms with van der Waals surface area (Å²) < 4.78 is 25.2. The van der Waals surface area contributed by atoms with Gasteiger partial charge in [-0.2, -0.15) is 0 Å². The van der Waals surface area contributed by atoms with E-state index in [0.29, 0.717) is 17.8 Å². The summed E-state index contributed by atoms with van der Waals surface area (Å²) in [5, 5.41) is 2.90. The predicted molar refractivity (Wildman–Crippen MR) is 103 cm³/mol. The summed E-state index contributed by atoms with van der Waals surface area (Å²) in [6.45, 7) is 0.485. The number of nitrogens with zero attached hydrogens (tertiary/aromatic N) is 1. The van der Waals surface area contributed by atoms with Crippen molar-refractivity contribution in [2.24, 2.45) is 0 Å². The molecule has 0 unspecified atom stereocenters. The van der Waals surface area contributed by atoms with E-state index in [0.717, 1.165) is 29.0 Å². The number of rotatable bonds is 4. The SMILES string of the molecule is CSc1cccc(NC(=O)c2ccc3c(c2)CCCN3S(C)(=O)=O)c1. The highest BCUT2D eigenvalue weighted by molar-refractivity contribution is 7.98. The van der Waals surface area contributed by atoms with Gasteiger partial charge < -0.3 is 5.32 Å². The fourth-order valence-corrected chi connectivity index (χ4v) is 4.41. The first-order valence-corrected chi connectivity index (χ1v) is 11.0. The van der Waals surface area contributed by atoms with Crippen molar-refractivity contribution in [3.8, 4) is 0 Å². The van der Waals surface area contributed by atoms with Crippen LogP contribution in [0.2, 0.25) is 0 Å². The van der Waals surface area contributed by atoms with E-state index in [2.05, 4.69) is 5.32 Å². The number of carbonyl (C=O) groups is 1.